The second-order valence-corrected chi connectivity index (χ2v) is 9.04. The molecule has 0 bridgehead atoms. The highest BCUT2D eigenvalue weighted by atomic mass is 32.2. The third-order valence-electron chi connectivity index (χ3n) is 5.22. The van der Waals surface area contributed by atoms with Gasteiger partial charge in [0.25, 0.3) is 5.91 Å². The number of rotatable bonds is 7. The van der Waals surface area contributed by atoms with Gasteiger partial charge >= 0.3 is 0 Å². The maximum atomic E-state index is 12.6. The lowest BCUT2D eigenvalue weighted by atomic mass is 10.2. The van der Waals surface area contributed by atoms with E-state index in [1.165, 1.54) is 12.1 Å². The second kappa shape index (κ2) is 8.55. The Morgan fingerprint density at radius 1 is 1.23 bits per heavy atom. The minimum atomic E-state index is -3.72. The van der Waals surface area contributed by atoms with Crippen molar-refractivity contribution in [1.82, 2.24) is 19.6 Å². The summed E-state index contributed by atoms with van der Waals surface area (Å²) in [5.41, 5.74) is 2.11. The molecule has 0 radical (unpaired) electrons. The van der Waals surface area contributed by atoms with Crippen LogP contribution in [0.5, 0.6) is 0 Å². The topological polar surface area (TPSA) is 102 Å². The van der Waals surface area contributed by atoms with Crippen molar-refractivity contribution in [3.63, 3.8) is 0 Å². The average Bonchev–Trinajstić information content (AvgIpc) is 3.39. The Balaban J connectivity index is 1.43. The first kappa shape index (κ1) is 20.5. The van der Waals surface area contributed by atoms with Crippen LogP contribution < -0.4 is 10.0 Å². The molecule has 0 aliphatic carbocycles. The van der Waals surface area contributed by atoms with Gasteiger partial charge in [0.05, 0.1) is 28.6 Å². The van der Waals surface area contributed by atoms with Crippen LogP contribution >= 0.6 is 0 Å². The maximum Gasteiger partial charge on any atom is 0.251 e. The number of carbonyl (C=O) groups is 1. The Morgan fingerprint density at radius 3 is 2.83 bits per heavy atom. The summed E-state index contributed by atoms with van der Waals surface area (Å²) in [6, 6.07) is 13.7. The third-order valence-corrected chi connectivity index (χ3v) is 6.64. The van der Waals surface area contributed by atoms with Gasteiger partial charge in [0.1, 0.15) is 5.82 Å². The van der Waals surface area contributed by atoms with E-state index >= 15 is 0 Å². The van der Waals surface area contributed by atoms with Gasteiger partial charge in [-0.05, 0) is 43.2 Å². The Labute approximate surface area is 175 Å². The van der Waals surface area contributed by atoms with E-state index in [9.17, 15) is 13.2 Å². The third kappa shape index (κ3) is 4.38. The van der Waals surface area contributed by atoms with E-state index < -0.39 is 10.0 Å². The van der Waals surface area contributed by atoms with E-state index in [2.05, 4.69) is 15.0 Å². The largest absolute Gasteiger partial charge is 0.377 e. The van der Waals surface area contributed by atoms with E-state index in [0.717, 1.165) is 23.9 Å². The minimum Gasteiger partial charge on any atom is -0.377 e. The number of sulfonamides is 1. The van der Waals surface area contributed by atoms with Gasteiger partial charge in [-0.3, -0.25) is 4.79 Å². The zero-order chi connectivity index (χ0) is 21.1. The SMILES string of the molecule is Cn1c(CNC(=O)c2cccc(S(=O)(=O)NC[C@H]3CCCO3)c2)nc2ccccc21. The summed E-state index contributed by atoms with van der Waals surface area (Å²) < 4.78 is 35.1. The standard InChI is InChI=1S/C21H24N4O4S/c1-25-19-10-3-2-9-18(19)24-20(25)14-22-21(26)15-6-4-8-17(12-15)30(27,28)23-13-16-7-5-11-29-16/h2-4,6,8-10,12,16,23H,5,7,11,13-14H2,1H3,(H,22,26)/t16-/m1/s1. The Bertz CT molecular complexity index is 1170. The number of aromatic nitrogens is 2. The number of nitrogens with zero attached hydrogens (tertiary/aromatic N) is 2. The molecule has 3 aromatic rings. The predicted molar refractivity (Wildman–Crippen MR) is 112 cm³/mol. The fourth-order valence-corrected chi connectivity index (χ4v) is 4.62. The van der Waals surface area contributed by atoms with Gasteiger partial charge in [0, 0.05) is 25.8 Å². The lowest BCUT2D eigenvalue weighted by Gasteiger charge is -2.12. The van der Waals surface area contributed by atoms with Crippen LogP contribution in [0.15, 0.2) is 53.4 Å². The van der Waals surface area contributed by atoms with Crippen molar-refractivity contribution in [3.05, 3.63) is 59.9 Å². The Hall–Kier alpha value is -2.75. The number of para-hydroxylation sites is 2. The average molecular weight is 429 g/mol. The van der Waals surface area contributed by atoms with Crippen molar-refractivity contribution in [2.45, 2.75) is 30.4 Å². The predicted octanol–water partition coefficient (Wildman–Crippen LogP) is 1.96. The molecule has 1 aliphatic rings. The molecule has 2 heterocycles. The molecule has 1 aromatic heterocycles. The van der Waals surface area contributed by atoms with Crippen LogP contribution in [0.2, 0.25) is 0 Å². The molecule has 1 saturated heterocycles. The molecule has 30 heavy (non-hydrogen) atoms. The number of carbonyl (C=O) groups excluding carboxylic acids is 1. The number of benzene rings is 2. The van der Waals surface area contributed by atoms with Crippen LogP contribution in [0.3, 0.4) is 0 Å². The molecule has 2 aromatic carbocycles. The van der Waals surface area contributed by atoms with E-state index in [1.54, 1.807) is 12.1 Å². The van der Waals surface area contributed by atoms with Crippen molar-refractivity contribution in [2.24, 2.45) is 7.05 Å². The number of imidazole rings is 1. The zero-order valence-electron chi connectivity index (χ0n) is 16.7. The molecule has 4 rings (SSSR count). The highest BCUT2D eigenvalue weighted by Crippen LogP contribution is 2.16. The highest BCUT2D eigenvalue weighted by molar-refractivity contribution is 7.89. The van der Waals surface area contributed by atoms with Crippen molar-refractivity contribution >= 4 is 27.0 Å². The van der Waals surface area contributed by atoms with Crippen molar-refractivity contribution in [1.29, 1.82) is 0 Å². The summed E-state index contributed by atoms with van der Waals surface area (Å²) in [6.45, 7) is 1.12. The van der Waals surface area contributed by atoms with Crippen LogP contribution in [-0.2, 0) is 28.4 Å². The first-order chi connectivity index (χ1) is 14.4. The molecule has 1 atom stereocenters. The highest BCUT2D eigenvalue weighted by Gasteiger charge is 2.21. The lowest BCUT2D eigenvalue weighted by Crippen LogP contribution is -2.32. The monoisotopic (exact) mass is 428 g/mol. The van der Waals surface area contributed by atoms with Gasteiger partial charge in [-0.25, -0.2) is 18.1 Å². The summed E-state index contributed by atoms with van der Waals surface area (Å²) in [5.74, 6) is 0.352. The normalized spacial score (nSPS) is 16.8. The van der Waals surface area contributed by atoms with Crippen LogP contribution in [-0.4, -0.2) is 43.1 Å². The number of hydrogen-bond acceptors (Lipinski definition) is 5. The van der Waals surface area contributed by atoms with Crippen molar-refractivity contribution in [2.75, 3.05) is 13.2 Å². The molecule has 8 nitrogen and oxygen atoms in total. The number of amides is 1. The fraction of sp³-hybridized carbons (Fsp3) is 0.333. The summed E-state index contributed by atoms with van der Waals surface area (Å²) >= 11 is 0. The van der Waals surface area contributed by atoms with E-state index in [1.807, 2.05) is 35.9 Å². The number of ether oxygens (including phenoxy) is 1. The molecule has 2 N–H and O–H groups in total. The fourth-order valence-electron chi connectivity index (χ4n) is 3.51. The van der Waals surface area contributed by atoms with Crippen LogP contribution in [0.4, 0.5) is 0 Å². The Morgan fingerprint density at radius 2 is 2.07 bits per heavy atom. The van der Waals surface area contributed by atoms with Crippen molar-refractivity contribution < 1.29 is 17.9 Å². The van der Waals surface area contributed by atoms with Gasteiger partial charge in [-0.2, -0.15) is 0 Å². The molecule has 0 unspecified atom stereocenters. The number of nitrogens with one attached hydrogen (secondary N) is 2. The molecule has 9 heteroatoms. The van der Waals surface area contributed by atoms with Crippen LogP contribution in [0.1, 0.15) is 29.0 Å². The molecule has 1 aliphatic heterocycles. The first-order valence-electron chi connectivity index (χ1n) is 9.84. The molecule has 0 saturated carbocycles. The molecular weight excluding hydrogens is 404 g/mol. The first-order valence-corrected chi connectivity index (χ1v) is 11.3. The van der Waals surface area contributed by atoms with E-state index in [-0.39, 0.29) is 35.6 Å². The van der Waals surface area contributed by atoms with Gasteiger partial charge in [0.2, 0.25) is 10.0 Å². The van der Waals surface area contributed by atoms with E-state index in [0.29, 0.717) is 12.4 Å². The molecule has 1 fully saturated rings. The second-order valence-electron chi connectivity index (χ2n) is 7.27. The quantitative estimate of drug-likeness (QED) is 0.599. The minimum absolute atomic E-state index is 0.0517. The molecular formula is C21H24N4O4S. The van der Waals surface area contributed by atoms with Crippen LogP contribution in [0, 0.1) is 0 Å². The number of aryl methyl sites for hydroxylation is 1. The maximum absolute atomic E-state index is 12.6. The molecule has 158 valence electrons. The van der Waals surface area contributed by atoms with Gasteiger partial charge in [-0.15, -0.1) is 0 Å². The summed E-state index contributed by atoms with van der Waals surface area (Å²) in [6.07, 6.45) is 1.68. The lowest BCUT2D eigenvalue weighted by molar-refractivity contribution is 0.0949. The van der Waals surface area contributed by atoms with Gasteiger partial charge in [-0.1, -0.05) is 18.2 Å². The van der Waals surface area contributed by atoms with Gasteiger partial charge < -0.3 is 14.6 Å². The zero-order valence-corrected chi connectivity index (χ0v) is 17.5. The van der Waals surface area contributed by atoms with Crippen LogP contribution in [0.25, 0.3) is 11.0 Å². The molecule has 0 spiro atoms. The molecule has 1 amide bonds. The van der Waals surface area contributed by atoms with Crippen molar-refractivity contribution in [3.8, 4) is 0 Å². The number of fused-ring (bicyclic) bond motifs is 1. The van der Waals surface area contributed by atoms with E-state index in [4.69, 9.17) is 4.74 Å². The van der Waals surface area contributed by atoms with Gasteiger partial charge in [0.15, 0.2) is 0 Å². The smallest absolute Gasteiger partial charge is 0.251 e. The Kier molecular flexibility index (Phi) is 5.85. The summed E-state index contributed by atoms with van der Waals surface area (Å²) in [7, 11) is -1.83. The summed E-state index contributed by atoms with van der Waals surface area (Å²) in [5, 5.41) is 2.81. The summed E-state index contributed by atoms with van der Waals surface area (Å²) in [4.78, 5) is 17.2. The number of hydrogen-bond donors (Lipinski definition) is 2.